The molecule has 1 aliphatic carbocycles. The van der Waals surface area contributed by atoms with Crippen molar-refractivity contribution in [1.82, 2.24) is 15.0 Å². The van der Waals surface area contributed by atoms with Crippen molar-refractivity contribution in [3.8, 4) is 0 Å². The number of aliphatic imine (C=N–C) groups is 1. The molecule has 3 aliphatic rings. The van der Waals surface area contributed by atoms with Gasteiger partial charge in [0.2, 0.25) is 0 Å². The van der Waals surface area contributed by atoms with Crippen molar-refractivity contribution in [2.24, 2.45) is 4.99 Å². The molecule has 0 aromatic carbocycles. The molecule has 0 amide bonds. The molecule has 7 heteroatoms. The van der Waals surface area contributed by atoms with Crippen molar-refractivity contribution in [1.29, 1.82) is 0 Å². The molecule has 0 bridgehead atoms. The Kier molecular flexibility index (Phi) is 5.78. The number of carboxylic acid groups (broad SMARTS) is 1. The molecule has 1 aromatic heterocycles. The summed E-state index contributed by atoms with van der Waals surface area (Å²) in [7, 11) is 0. The standard InChI is InChI=1S/C22H28N4O3/c1-3-11-29-18-8-6-17(7-9-18)25-14-19(22(27)28)21-24-20(12-15(2)26(21)25)16-5-4-10-23-13-16/h4-5,10,12-13,17-18H,3,6-9,11,14H2,1-2H3,(H,27,28). The number of fused-ring (bicyclic) bond motifs is 1. The SMILES string of the molecule is CCCOC1CCC(N2CC(C(=O)O)=C3N=C(c4cccnc4)C=C(C)N32)CC1. The summed E-state index contributed by atoms with van der Waals surface area (Å²) >= 11 is 0. The molecule has 4 rings (SSSR count). The summed E-state index contributed by atoms with van der Waals surface area (Å²) in [4.78, 5) is 20.9. The summed E-state index contributed by atoms with van der Waals surface area (Å²) < 4.78 is 5.92. The molecule has 1 N–H and O–H groups in total. The van der Waals surface area contributed by atoms with E-state index in [0.717, 1.165) is 55.7 Å². The van der Waals surface area contributed by atoms with Crippen LogP contribution in [0.15, 0.2) is 52.7 Å². The molecule has 1 saturated carbocycles. The highest BCUT2D eigenvalue weighted by Crippen LogP contribution is 2.37. The quantitative estimate of drug-likeness (QED) is 0.794. The van der Waals surface area contributed by atoms with E-state index < -0.39 is 5.97 Å². The molecule has 0 atom stereocenters. The number of allylic oxidation sites excluding steroid dienone is 2. The van der Waals surface area contributed by atoms with Crippen molar-refractivity contribution >= 4 is 11.7 Å². The smallest absolute Gasteiger partial charge is 0.336 e. The molecule has 29 heavy (non-hydrogen) atoms. The predicted octanol–water partition coefficient (Wildman–Crippen LogP) is 3.35. The highest BCUT2D eigenvalue weighted by molar-refractivity contribution is 6.10. The predicted molar refractivity (Wildman–Crippen MR) is 110 cm³/mol. The van der Waals surface area contributed by atoms with Crippen molar-refractivity contribution in [2.45, 2.75) is 58.1 Å². The Labute approximate surface area is 171 Å². The molecule has 0 unspecified atom stereocenters. The van der Waals surface area contributed by atoms with Gasteiger partial charge in [-0.3, -0.25) is 9.99 Å². The van der Waals surface area contributed by atoms with Crippen LogP contribution in [0.5, 0.6) is 0 Å². The van der Waals surface area contributed by atoms with Gasteiger partial charge in [0.25, 0.3) is 0 Å². The number of hydrazine groups is 1. The first-order valence-electron chi connectivity index (χ1n) is 10.4. The van der Waals surface area contributed by atoms with Gasteiger partial charge >= 0.3 is 5.97 Å². The average Bonchev–Trinajstić information content (AvgIpc) is 3.14. The summed E-state index contributed by atoms with van der Waals surface area (Å²) in [6.07, 6.45) is 10.9. The fourth-order valence-corrected chi connectivity index (χ4v) is 4.36. The lowest BCUT2D eigenvalue weighted by Crippen LogP contribution is -2.47. The zero-order valence-corrected chi connectivity index (χ0v) is 17.0. The number of hydrogen-bond acceptors (Lipinski definition) is 6. The van der Waals surface area contributed by atoms with Crippen LogP contribution < -0.4 is 0 Å². The lowest BCUT2D eigenvalue weighted by Gasteiger charge is -2.41. The zero-order chi connectivity index (χ0) is 20.4. The molecular weight excluding hydrogens is 368 g/mol. The third-order valence-corrected chi connectivity index (χ3v) is 5.79. The molecule has 1 aromatic rings. The van der Waals surface area contributed by atoms with Crippen LogP contribution in [0.25, 0.3) is 0 Å². The van der Waals surface area contributed by atoms with Crippen LogP contribution in [0.3, 0.4) is 0 Å². The van der Waals surface area contributed by atoms with E-state index in [1.54, 1.807) is 12.4 Å². The average molecular weight is 396 g/mol. The molecule has 7 nitrogen and oxygen atoms in total. The maximum atomic E-state index is 12.0. The molecule has 0 spiro atoms. The summed E-state index contributed by atoms with van der Waals surface area (Å²) in [5.41, 5.74) is 2.97. The van der Waals surface area contributed by atoms with E-state index in [2.05, 4.69) is 16.9 Å². The maximum absolute atomic E-state index is 12.0. The van der Waals surface area contributed by atoms with E-state index in [-0.39, 0.29) is 0 Å². The highest BCUT2D eigenvalue weighted by atomic mass is 16.5. The Morgan fingerprint density at radius 1 is 1.31 bits per heavy atom. The second-order valence-electron chi connectivity index (χ2n) is 7.84. The lowest BCUT2D eigenvalue weighted by molar-refractivity contribution is -0.132. The molecule has 0 radical (unpaired) electrons. The maximum Gasteiger partial charge on any atom is 0.336 e. The molecular formula is C22H28N4O3. The number of ether oxygens (including phenoxy) is 1. The van der Waals surface area contributed by atoms with Crippen LogP contribution in [0, 0.1) is 0 Å². The van der Waals surface area contributed by atoms with Gasteiger partial charge in [-0.1, -0.05) is 6.92 Å². The van der Waals surface area contributed by atoms with Crippen LogP contribution in [0.4, 0.5) is 0 Å². The van der Waals surface area contributed by atoms with Gasteiger partial charge in [0.05, 0.1) is 23.9 Å². The van der Waals surface area contributed by atoms with Gasteiger partial charge in [0.1, 0.15) is 0 Å². The summed E-state index contributed by atoms with van der Waals surface area (Å²) in [5.74, 6) is -0.378. The van der Waals surface area contributed by atoms with Gasteiger partial charge in [0.15, 0.2) is 5.82 Å². The Morgan fingerprint density at radius 3 is 2.76 bits per heavy atom. The molecule has 0 saturated heterocycles. The Morgan fingerprint density at radius 2 is 2.10 bits per heavy atom. The Hall–Kier alpha value is -2.51. The van der Waals surface area contributed by atoms with Crippen LogP contribution in [-0.4, -0.2) is 57.1 Å². The van der Waals surface area contributed by atoms with E-state index in [1.165, 1.54) is 0 Å². The largest absolute Gasteiger partial charge is 0.478 e. The van der Waals surface area contributed by atoms with Crippen molar-refractivity contribution in [3.05, 3.63) is 53.3 Å². The third-order valence-electron chi connectivity index (χ3n) is 5.79. The second-order valence-corrected chi connectivity index (χ2v) is 7.84. The minimum atomic E-state index is -0.906. The zero-order valence-electron chi connectivity index (χ0n) is 17.0. The summed E-state index contributed by atoms with van der Waals surface area (Å²) in [5, 5.41) is 14.0. The molecule has 2 aliphatic heterocycles. The van der Waals surface area contributed by atoms with Gasteiger partial charge in [-0.25, -0.2) is 14.8 Å². The van der Waals surface area contributed by atoms with E-state index in [1.807, 2.05) is 30.1 Å². The summed E-state index contributed by atoms with van der Waals surface area (Å²) in [6.45, 7) is 5.33. The van der Waals surface area contributed by atoms with Crippen molar-refractivity contribution < 1.29 is 14.6 Å². The first-order valence-corrected chi connectivity index (χ1v) is 10.4. The summed E-state index contributed by atoms with van der Waals surface area (Å²) in [6, 6.07) is 4.10. The number of pyridine rings is 1. The number of nitrogens with zero attached hydrogens (tertiary/aromatic N) is 4. The van der Waals surface area contributed by atoms with E-state index in [9.17, 15) is 9.90 Å². The van der Waals surface area contributed by atoms with Crippen LogP contribution >= 0.6 is 0 Å². The lowest BCUT2D eigenvalue weighted by atomic mass is 9.92. The van der Waals surface area contributed by atoms with Gasteiger partial charge in [0, 0.05) is 36.3 Å². The van der Waals surface area contributed by atoms with E-state index in [4.69, 9.17) is 9.73 Å². The van der Waals surface area contributed by atoms with Gasteiger partial charge < -0.3 is 9.84 Å². The van der Waals surface area contributed by atoms with E-state index in [0.29, 0.717) is 30.1 Å². The molecule has 3 heterocycles. The van der Waals surface area contributed by atoms with Gasteiger partial charge in [-0.15, -0.1) is 0 Å². The van der Waals surface area contributed by atoms with Crippen LogP contribution in [0.2, 0.25) is 0 Å². The minimum absolute atomic E-state index is 0.293. The highest BCUT2D eigenvalue weighted by Gasteiger charge is 2.41. The van der Waals surface area contributed by atoms with Crippen LogP contribution in [-0.2, 0) is 9.53 Å². The fourth-order valence-electron chi connectivity index (χ4n) is 4.36. The topological polar surface area (TPSA) is 78.3 Å². The van der Waals surface area contributed by atoms with Crippen LogP contribution in [0.1, 0.15) is 51.5 Å². The number of carbonyl (C=O) groups is 1. The van der Waals surface area contributed by atoms with Gasteiger partial charge in [-0.2, -0.15) is 0 Å². The Bertz CT molecular complexity index is 854. The normalized spacial score (nSPS) is 25.0. The number of aliphatic carboxylic acids is 1. The third kappa shape index (κ3) is 3.97. The second kappa shape index (κ2) is 8.47. The first-order chi connectivity index (χ1) is 14.1. The number of carboxylic acids is 1. The minimum Gasteiger partial charge on any atom is -0.478 e. The Balaban J connectivity index is 1.56. The van der Waals surface area contributed by atoms with E-state index >= 15 is 0 Å². The van der Waals surface area contributed by atoms with Crippen molar-refractivity contribution in [3.63, 3.8) is 0 Å². The fraction of sp³-hybridized carbons (Fsp3) is 0.500. The van der Waals surface area contributed by atoms with Crippen molar-refractivity contribution in [2.75, 3.05) is 13.2 Å². The number of hydrogen-bond donors (Lipinski definition) is 1. The number of rotatable bonds is 6. The monoisotopic (exact) mass is 396 g/mol. The molecule has 1 fully saturated rings. The molecule has 154 valence electrons. The number of aromatic nitrogens is 1. The first kappa shape index (κ1) is 19.8. The van der Waals surface area contributed by atoms with Gasteiger partial charge in [-0.05, 0) is 57.2 Å².